The van der Waals surface area contributed by atoms with Gasteiger partial charge >= 0.3 is 0 Å². The van der Waals surface area contributed by atoms with Gasteiger partial charge in [-0.1, -0.05) is 18.5 Å². The summed E-state index contributed by atoms with van der Waals surface area (Å²) < 4.78 is 0. The van der Waals surface area contributed by atoms with Gasteiger partial charge in [0.05, 0.1) is 11.8 Å². The predicted molar refractivity (Wildman–Crippen MR) is 40.4 cm³/mol. The van der Waals surface area contributed by atoms with Gasteiger partial charge in [0.25, 0.3) is 0 Å². The van der Waals surface area contributed by atoms with Crippen molar-refractivity contribution in [3.05, 3.63) is 0 Å². The van der Waals surface area contributed by atoms with Crippen LogP contribution in [0.1, 0.15) is 33.1 Å². The number of oxime groups is 1. The standard InChI is InChI=1S/C7H15NO2/c1-3-4-7(9)5-6(2)8-10/h7,9-10H,3-5H2,1-2H3/b8-6+. The zero-order valence-corrected chi connectivity index (χ0v) is 6.54. The highest BCUT2D eigenvalue weighted by Crippen LogP contribution is 2.01. The Morgan fingerprint density at radius 2 is 2.20 bits per heavy atom. The van der Waals surface area contributed by atoms with E-state index in [1.54, 1.807) is 6.92 Å². The third-order valence-corrected chi connectivity index (χ3v) is 1.32. The van der Waals surface area contributed by atoms with Crippen molar-refractivity contribution in [2.75, 3.05) is 0 Å². The van der Waals surface area contributed by atoms with Crippen molar-refractivity contribution in [3.8, 4) is 0 Å². The van der Waals surface area contributed by atoms with E-state index in [1.165, 1.54) is 0 Å². The van der Waals surface area contributed by atoms with E-state index in [1.807, 2.05) is 6.92 Å². The Balaban J connectivity index is 3.47. The van der Waals surface area contributed by atoms with Crippen molar-refractivity contribution in [3.63, 3.8) is 0 Å². The summed E-state index contributed by atoms with van der Waals surface area (Å²) in [5, 5.41) is 20.4. The number of hydrogen-bond acceptors (Lipinski definition) is 3. The molecule has 0 aliphatic carbocycles. The molecule has 60 valence electrons. The van der Waals surface area contributed by atoms with Gasteiger partial charge in [0.2, 0.25) is 0 Å². The summed E-state index contributed by atoms with van der Waals surface area (Å²) >= 11 is 0. The van der Waals surface area contributed by atoms with E-state index in [4.69, 9.17) is 10.3 Å². The van der Waals surface area contributed by atoms with Crippen molar-refractivity contribution < 1.29 is 10.3 Å². The largest absolute Gasteiger partial charge is 0.411 e. The van der Waals surface area contributed by atoms with E-state index < -0.39 is 0 Å². The molecule has 0 saturated carbocycles. The lowest BCUT2D eigenvalue weighted by Crippen LogP contribution is -2.10. The van der Waals surface area contributed by atoms with Gasteiger partial charge in [0.1, 0.15) is 0 Å². The smallest absolute Gasteiger partial charge is 0.0593 e. The number of rotatable bonds is 4. The summed E-state index contributed by atoms with van der Waals surface area (Å²) in [6.07, 6.45) is 1.86. The first-order chi connectivity index (χ1) is 4.70. The maximum absolute atomic E-state index is 9.16. The molecule has 0 bridgehead atoms. The SMILES string of the molecule is CCCC(O)C/C(C)=N/O. The molecule has 0 aromatic rings. The summed E-state index contributed by atoms with van der Waals surface area (Å²) in [4.78, 5) is 0. The van der Waals surface area contributed by atoms with Crippen LogP contribution in [-0.2, 0) is 0 Å². The normalized spacial score (nSPS) is 15.3. The molecule has 1 atom stereocenters. The number of aliphatic hydroxyl groups is 1. The Morgan fingerprint density at radius 3 is 2.60 bits per heavy atom. The third kappa shape index (κ3) is 4.32. The quantitative estimate of drug-likeness (QED) is 0.357. The minimum absolute atomic E-state index is 0.346. The highest BCUT2D eigenvalue weighted by atomic mass is 16.4. The Labute approximate surface area is 61.4 Å². The monoisotopic (exact) mass is 145 g/mol. The fourth-order valence-electron chi connectivity index (χ4n) is 0.817. The Kier molecular flexibility index (Phi) is 4.94. The van der Waals surface area contributed by atoms with Crippen LogP contribution in [0.2, 0.25) is 0 Å². The average molecular weight is 145 g/mol. The van der Waals surface area contributed by atoms with Gasteiger partial charge in [-0.3, -0.25) is 0 Å². The molecule has 0 aliphatic heterocycles. The molecule has 10 heavy (non-hydrogen) atoms. The molecular weight excluding hydrogens is 130 g/mol. The summed E-state index contributed by atoms with van der Waals surface area (Å²) in [5.74, 6) is 0. The first-order valence-electron chi connectivity index (χ1n) is 3.56. The molecule has 3 nitrogen and oxygen atoms in total. The second-order valence-corrected chi connectivity index (χ2v) is 2.48. The molecule has 0 aliphatic rings. The van der Waals surface area contributed by atoms with Crippen molar-refractivity contribution in [2.45, 2.75) is 39.2 Å². The van der Waals surface area contributed by atoms with Gasteiger partial charge in [0.15, 0.2) is 0 Å². The van der Waals surface area contributed by atoms with Gasteiger partial charge in [-0.2, -0.15) is 0 Å². The summed E-state index contributed by atoms with van der Waals surface area (Å²) in [6.45, 7) is 3.70. The molecule has 3 heteroatoms. The first kappa shape index (κ1) is 9.43. The van der Waals surface area contributed by atoms with Crippen molar-refractivity contribution in [1.29, 1.82) is 0 Å². The van der Waals surface area contributed by atoms with Crippen molar-refractivity contribution in [1.82, 2.24) is 0 Å². The van der Waals surface area contributed by atoms with E-state index in [0.29, 0.717) is 12.1 Å². The maximum Gasteiger partial charge on any atom is 0.0593 e. The molecular formula is C7H15NO2. The van der Waals surface area contributed by atoms with Crippen LogP contribution in [0.4, 0.5) is 0 Å². The number of aliphatic hydroxyl groups excluding tert-OH is 1. The molecule has 1 unspecified atom stereocenters. The molecule has 0 amide bonds. The molecule has 0 fully saturated rings. The predicted octanol–water partition coefficient (Wildman–Crippen LogP) is 1.39. The molecule has 0 radical (unpaired) electrons. The second kappa shape index (κ2) is 5.23. The van der Waals surface area contributed by atoms with Crippen LogP contribution < -0.4 is 0 Å². The molecule has 0 saturated heterocycles. The molecule has 2 N–H and O–H groups in total. The van der Waals surface area contributed by atoms with Crippen LogP contribution >= 0.6 is 0 Å². The van der Waals surface area contributed by atoms with Crippen LogP contribution in [0.25, 0.3) is 0 Å². The summed E-state index contributed by atoms with van der Waals surface area (Å²) in [5.41, 5.74) is 0.584. The molecule has 0 aromatic carbocycles. The number of hydrogen-bond donors (Lipinski definition) is 2. The molecule has 0 spiro atoms. The number of nitrogens with zero attached hydrogens (tertiary/aromatic N) is 1. The fraction of sp³-hybridized carbons (Fsp3) is 0.857. The lowest BCUT2D eigenvalue weighted by Gasteiger charge is -2.06. The molecule has 0 rings (SSSR count). The van der Waals surface area contributed by atoms with Gasteiger partial charge in [0, 0.05) is 6.42 Å². The van der Waals surface area contributed by atoms with Crippen LogP contribution in [-0.4, -0.2) is 22.1 Å². The minimum atomic E-state index is -0.346. The third-order valence-electron chi connectivity index (χ3n) is 1.32. The maximum atomic E-state index is 9.16. The van der Waals surface area contributed by atoms with E-state index >= 15 is 0 Å². The lowest BCUT2D eigenvalue weighted by atomic mass is 10.1. The molecule has 0 aromatic heterocycles. The van der Waals surface area contributed by atoms with E-state index in [0.717, 1.165) is 12.8 Å². The highest BCUT2D eigenvalue weighted by Gasteiger charge is 2.03. The van der Waals surface area contributed by atoms with E-state index in [2.05, 4.69) is 5.16 Å². The zero-order valence-electron chi connectivity index (χ0n) is 6.54. The topological polar surface area (TPSA) is 52.8 Å². The second-order valence-electron chi connectivity index (χ2n) is 2.48. The fourth-order valence-corrected chi connectivity index (χ4v) is 0.817. The van der Waals surface area contributed by atoms with Crippen LogP contribution in [0, 0.1) is 0 Å². The Hall–Kier alpha value is -0.570. The van der Waals surface area contributed by atoms with Gasteiger partial charge < -0.3 is 10.3 Å². The average Bonchev–Trinajstić information content (AvgIpc) is 1.88. The van der Waals surface area contributed by atoms with Gasteiger partial charge in [-0.05, 0) is 13.3 Å². The van der Waals surface area contributed by atoms with Crippen LogP contribution in [0.5, 0.6) is 0 Å². The first-order valence-corrected chi connectivity index (χ1v) is 3.56. The van der Waals surface area contributed by atoms with Crippen molar-refractivity contribution >= 4 is 5.71 Å². The minimum Gasteiger partial charge on any atom is -0.411 e. The summed E-state index contributed by atoms with van der Waals surface area (Å²) in [7, 11) is 0. The van der Waals surface area contributed by atoms with Gasteiger partial charge in [-0.25, -0.2) is 0 Å². The Morgan fingerprint density at radius 1 is 1.60 bits per heavy atom. The summed E-state index contributed by atoms with van der Waals surface area (Å²) in [6, 6.07) is 0. The van der Waals surface area contributed by atoms with Crippen molar-refractivity contribution in [2.24, 2.45) is 5.16 Å². The van der Waals surface area contributed by atoms with Crippen LogP contribution in [0.3, 0.4) is 0 Å². The Bertz CT molecular complexity index is 112. The highest BCUT2D eigenvalue weighted by molar-refractivity contribution is 5.81. The lowest BCUT2D eigenvalue weighted by molar-refractivity contribution is 0.169. The molecule has 0 heterocycles. The van der Waals surface area contributed by atoms with Gasteiger partial charge in [-0.15, -0.1) is 0 Å². The zero-order chi connectivity index (χ0) is 7.98. The van der Waals surface area contributed by atoms with Crippen LogP contribution in [0.15, 0.2) is 5.16 Å². The van der Waals surface area contributed by atoms with E-state index in [9.17, 15) is 0 Å². The van der Waals surface area contributed by atoms with E-state index in [-0.39, 0.29) is 6.10 Å².